The van der Waals surface area contributed by atoms with Gasteiger partial charge in [0.15, 0.2) is 0 Å². The zero-order chi connectivity index (χ0) is 13.8. The zero-order valence-electron chi connectivity index (χ0n) is 10.9. The number of amides is 1. The molecule has 2 N–H and O–H groups in total. The van der Waals surface area contributed by atoms with E-state index in [1.165, 1.54) is 0 Å². The highest BCUT2D eigenvalue weighted by Crippen LogP contribution is 2.26. The van der Waals surface area contributed by atoms with Crippen LogP contribution in [0.5, 0.6) is 5.75 Å². The number of methoxy groups -OCH3 is 1. The molecule has 0 radical (unpaired) electrons. The number of halogens is 1. The lowest BCUT2D eigenvalue weighted by atomic mass is 10.1. The first-order chi connectivity index (χ1) is 9.10. The van der Waals surface area contributed by atoms with E-state index in [-0.39, 0.29) is 12.0 Å². The lowest BCUT2D eigenvalue weighted by Crippen LogP contribution is -2.29. The summed E-state index contributed by atoms with van der Waals surface area (Å²) < 4.78 is 6.08. The molecule has 2 rings (SSSR count). The second-order valence-electron chi connectivity index (χ2n) is 4.89. The quantitative estimate of drug-likeness (QED) is 0.892. The number of carbonyl (C=O) groups is 1. The van der Waals surface area contributed by atoms with Crippen molar-refractivity contribution in [1.82, 2.24) is 5.32 Å². The number of benzene rings is 1. The first-order valence-electron chi connectivity index (χ1n) is 6.40. The highest BCUT2D eigenvalue weighted by atomic mass is 79.9. The Balaban J connectivity index is 1.96. The van der Waals surface area contributed by atoms with Crippen molar-refractivity contribution < 1.29 is 14.6 Å². The van der Waals surface area contributed by atoms with Crippen molar-refractivity contribution in [3.8, 4) is 5.75 Å². The van der Waals surface area contributed by atoms with Crippen molar-refractivity contribution in [3.05, 3.63) is 28.2 Å². The molecule has 0 heterocycles. The molecule has 1 saturated carbocycles. The van der Waals surface area contributed by atoms with Crippen LogP contribution in [0, 0.1) is 5.92 Å². The van der Waals surface area contributed by atoms with Crippen molar-refractivity contribution in [2.75, 3.05) is 13.7 Å². The van der Waals surface area contributed by atoms with Gasteiger partial charge in [0.25, 0.3) is 5.91 Å². The largest absolute Gasteiger partial charge is 0.496 e. The molecule has 1 fully saturated rings. The Kier molecular flexibility index (Phi) is 4.82. The van der Waals surface area contributed by atoms with Crippen LogP contribution >= 0.6 is 15.9 Å². The summed E-state index contributed by atoms with van der Waals surface area (Å²) in [7, 11) is 1.55. The molecule has 1 aromatic carbocycles. The molecule has 19 heavy (non-hydrogen) atoms. The molecule has 1 amide bonds. The van der Waals surface area contributed by atoms with Crippen molar-refractivity contribution in [1.29, 1.82) is 0 Å². The van der Waals surface area contributed by atoms with Gasteiger partial charge in [-0.15, -0.1) is 0 Å². The first kappa shape index (κ1) is 14.3. The molecule has 0 bridgehead atoms. The fourth-order valence-electron chi connectivity index (χ4n) is 2.42. The highest BCUT2D eigenvalue weighted by molar-refractivity contribution is 9.10. The van der Waals surface area contributed by atoms with E-state index in [0.29, 0.717) is 23.8 Å². The van der Waals surface area contributed by atoms with Crippen LogP contribution in [0.15, 0.2) is 22.7 Å². The molecule has 4 nitrogen and oxygen atoms in total. The molecule has 0 spiro atoms. The molecule has 2 unspecified atom stereocenters. The van der Waals surface area contributed by atoms with Gasteiger partial charge < -0.3 is 15.2 Å². The topological polar surface area (TPSA) is 58.6 Å². The number of nitrogens with one attached hydrogen (secondary N) is 1. The second-order valence-corrected chi connectivity index (χ2v) is 5.80. The van der Waals surface area contributed by atoms with Crippen LogP contribution in [0.2, 0.25) is 0 Å². The van der Waals surface area contributed by atoms with Crippen LogP contribution in [0.25, 0.3) is 0 Å². The third-order valence-corrected chi connectivity index (χ3v) is 3.97. The minimum absolute atomic E-state index is 0.134. The standard InChI is InChI=1S/C14H18BrNO3/c1-19-13-7-10(15)3-5-12(13)14(18)16-8-9-2-4-11(17)6-9/h3,5,7,9,11,17H,2,4,6,8H2,1H3,(H,16,18). The Morgan fingerprint density at radius 2 is 2.32 bits per heavy atom. The van der Waals surface area contributed by atoms with Crippen LogP contribution in [0.3, 0.4) is 0 Å². The van der Waals surface area contributed by atoms with Crippen LogP contribution < -0.4 is 10.1 Å². The fourth-order valence-corrected chi connectivity index (χ4v) is 2.76. The third-order valence-electron chi connectivity index (χ3n) is 3.47. The van der Waals surface area contributed by atoms with E-state index < -0.39 is 0 Å². The molecular weight excluding hydrogens is 310 g/mol. The Bertz CT molecular complexity index is 464. The third kappa shape index (κ3) is 3.70. The van der Waals surface area contributed by atoms with Crippen LogP contribution in [-0.2, 0) is 0 Å². The number of ether oxygens (including phenoxy) is 1. The van der Waals surface area contributed by atoms with E-state index in [2.05, 4.69) is 21.2 Å². The minimum Gasteiger partial charge on any atom is -0.496 e. The van der Waals surface area contributed by atoms with E-state index in [1.807, 2.05) is 6.07 Å². The van der Waals surface area contributed by atoms with Gasteiger partial charge in [0, 0.05) is 11.0 Å². The monoisotopic (exact) mass is 327 g/mol. The lowest BCUT2D eigenvalue weighted by molar-refractivity contribution is 0.0942. The summed E-state index contributed by atoms with van der Waals surface area (Å²) in [5.41, 5.74) is 0.532. The fraction of sp³-hybridized carbons (Fsp3) is 0.500. The van der Waals surface area contributed by atoms with Gasteiger partial charge in [0.2, 0.25) is 0 Å². The summed E-state index contributed by atoms with van der Waals surface area (Å²) in [5.74, 6) is 0.796. The van der Waals surface area contributed by atoms with Crippen molar-refractivity contribution in [3.63, 3.8) is 0 Å². The maximum absolute atomic E-state index is 12.1. The molecule has 5 heteroatoms. The smallest absolute Gasteiger partial charge is 0.255 e. The SMILES string of the molecule is COc1cc(Br)ccc1C(=O)NCC1CCC(O)C1. The second kappa shape index (κ2) is 6.39. The normalized spacial score (nSPS) is 22.3. The molecule has 2 atom stereocenters. The van der Waals surface area contributed by atoms with Gasteiger partial charge in [-0.3, -0.25) is 4.79 Å². The Morgan fingerprint density at radius 1 is 1.53 bits per heavy atom. The molecule has 0 saturated heterocycles. The predicted molar refractivity (Wildman–Crippen MR) is 76.4 cm³/mol. The number of hydrogen-bond acceptors (Lipinski definition) is 3. The van der Waals surface area contributed by atoms with Gasteiger partial charge in [-0.05, 0) is 43.4 Å². The molecule has 1 aromatic rings. The van der Waals surface area contributed by atoms with Crippen molar-refractivity contribution in [2.45, 2.75) is 25.4 Å². The summed E-state index contributed by atoms with van der Waals surface area (Å²) in [4.78, 5) is 12.1. The Morgan fingerprint density at radius 3 is 2.95 bits per heavy atom. The average Bonchev–Trinajstić information content (AvgIpc) is 2.81. The molecule has 0 aromatic heterocycles. The van der Waals surface area contributed by atoms with Crippen LogP contribution in [-0.4, -0.2) is 30.8 Å². The summed E-state index contributed by atoms with van der Waals surface area (Å²) in [5, 5.41) is 12.4. The number of aliphatic hydroxyl groups excluding tert-OH is 1. The number of aliphatic hydroxyl groups is 1. The number of hydrogen-bond donors (Lipinski definition) is 2. The van der Waals surface area contributed by atoms with Gasteiger partial charge >= 0.3 is 0 Å². The zero-order valence-corrected chi connectivity index (χ0v) is 12.4. The van der Waals surface area contributed by atoms with E-state index in [1.54, 1.807) is 19.2 Å². The molecular formula is C14H18BrNO3. The molecule has 0 aliphatic heterocycles. The number of carbonyl (C=O) groups excluding carboxylic acids is 1. The molecule has 104 valence electrons. The summed E-state index contributed by atoms with van der Waals surface area (Å²) in [6.45, 7) is 0.606. The first-order valence-corrected chi connectivity index (χ1v) is 7.19. The lowest BCUT2D eigenvalue weighted by Gasteiger charge is -2.13. The predicted octanol–water partition coefficient (Wildman–Crippen LogP) is 2.35. The average molecular weight is 328 g/mol. The summed E-state index contributed by atoms with van der Waals surface area (Å²) >= 11 is 3.35. The Labute approximate surface area is 121 Å². The maximum Gasteiger partial charge on any atom is 0.255 e. The minimum atomic E-state index is -0.205. The highest BCUT2D eigenvalue weighted by Gasteiger charge is 2.23. The summed E-state index contributed by atoms with van der Waals surface area (Å²) in [6, 6.07) is 5.33. The Hall–Kier alpha value is -1.07. The number of rotatable bonds is 4. The van der Waals surface area contributed by atoms with Gasteiger partial charge in [0.05, 0.1) is 18.8 Å². The van der Waals surface area contributed by atoms with Crippen LogP contribution in [0.1, 0.15) is 29.6 Å². The molecule has 1 aliphatic rings. The maximum atomic E-state index is 12.1. The van der Waals surface area contributed by atoms with Gasteiger partial charge in [0.1, 0.15) is 5.75 Å². The van der Waals surface area contributed by atoms with E-state index in [4.69, 9.17) is 4.74 Å². The molecule has 1 aliphatic carbocycles. The van der Waals surface area contributed by atoms with Crippen LogP contribution in [0.4, 0.5) is 0 Å². The summed E-state index contributed by atoms with van der Waals surface area (Å²) in [6.07, 6.45) is 2.38. The van der Waals surface area contributed by atoms with Gasteiger partial charge in [-0.25, -0.2) is 0 Å². The van der Waals surface area contributed by atoms with Gasteiger partial charge in [-0.2, -0.15) is 0 Å². The van der Waals surface area contributed by atoms with Crippen molar-refractivity contribution in [2.24, 2.45) is 5.92 Å². The van der Waals surface area contributed by atoms with E-state index >= 15 is 0 Å². The van der Waals surface area contributed by atoms with E-state index in [9.17, 15) is 9.90 Å². The van der Waals surface area contributed by atoms with E-state index in [0.717, 1.165) is 23.7 Å². The van der Waals surface area contributed by atoms with Gasteiger partial charge in [-0.1, -0.05) is 15.9 Å². The van der Waals surface area contributed by atoms with Crippen molar-refractivity contribution >= 4 is 21.8 Å².